The third-order valence-corrected chi connectivity index (χ3v) is 2.92. The Morgan fingerprint density at radius 1 is 1.79 bits per heavy atom. The largest absolute Gasteiger partial charge is 0.258 e. The van der Waals surface area contributed by atoms with Crippen LogP contribution in [-0.2, 0) is 4.79 Å². The van der Waals surface area contributed by atoms with Gasteiger partial charge >= 0.3 is 0 Å². The Balaban J connectivity index is 2.91. The summed E-state index contributed by atoms with van der Waals surface area (Å²) in [6.07, 6.45) is 0. The van der Waals surface area contributed by atoms with Crippen molar-refractivity contribution in [2.24, 2.45) is 5.84 Å². The minimum absolute atomic E-state index is 0.0351. The number of hydrogen-bond acceptors (Lipinski definition) is 6. The molecule has 5 nitrogen and oxygen atoms in total. The van der Waals surface area contributed by atoms with Gasteiger partial charge in [0, 0.05) is 11.8 Å². The molecule has 76 valence electrons. The van der Waals surface area contributed by atoms with Crippen molar-refractivity contribution in [2.45, 2.75) is 25.9 Å². The molecule has 0 bridgehead atoms. The van der Waals surface area contributed by atoms with Crippen LogP contribution in [0.4, 0.5) is 0 Å². The lowest BCUT2D eigenvalue weighted by Crippen LogP contribution is -2.52. The SMILES string of the molecule is CC(C)N(N)N1C(=C=O)SCC1C#N. The summed E-state index contributed by atoms with van der Waals surface area (Å²) in [5.41, 5.74) is 0. The van der Waals surface area contributed by atoms with E-state index in [4.69, 9.17) is 11.1 Å². The zero-order chi connectivity index (χ0) is 10.7. The molecule has 0 spiro atoms. The number of hydrazine groups is 2. The van der Waals surface area contributed by atoms with E-state index in [9.17, 15) is 4.79 Å². The van der Waals surface area contributed by atoms with Gasteiger partial charge in [-0.3, -0.25) is 10.9 Å². The van der Waals surface area contributed by atoms with Gasteiger partial charge in [0.2, 0.25) is 0 Å². The van der Waals surface area contributed by atoms with Crippen LogP contribution in [0.3, 0.4) is 0 Å². The molecule has 6 heteroatoms. The fourth-order valence-electron chi connectivity index (χ4n) is 1.12. The number of rotatable bonds is 2. The predicted molar refractivity (Wildman–Crippen MR) is 54.1 cm³/mol. The van der Waals surface area contributed by atoms with Crippen LogP contribution in [0.2, 0.25) is 0 Å². The molecule has 0 aromatic carbocycles. The van der Waals surface area contributed by atoms with E-state index in [0.29, 0.717) is 10.8 Å². The van der Waals surface area contributed by atoms with E-state index in [1.54, 1.807) is 5.94 Å². The maximum absolute atomic E-state index is 10.6. The molecule has 0 aromatic rings. The molecule has 1 rings (SSSR count). The van der Waals surface area contributed by atoms with Crippen LogP contribution in [-0.4, -0.2) is 33.9 Å². The Hall–Kier alpha value is -0.990. The molecule has 0 aliphatic carbocycles. The highest BCUT2D eigenvalue weighted by Gasteiger charge is 2.34. The molecule has 2 N–H and O–H groups in total. The first kappa shape index (κ1) is 11.1. The van der Waals surface area contributed by atoms with Crippen molar-refractivity contribution >= 4 is 17.7 Å². The molecule has 1 unspecified atom stereocenters. The van der Waals surface area contributed by atoms with Crippen LogP contribution in [0, 0.1) is 11.3 Å². The summed E-state index contributed by atoms with van der Waals surface area (Å²) in [5.74, 6) is 8.10. The van der Waals surface area contributed by atoms with Crippen LogP contribution in [0.15, 0.2) is 5.03 Å². The second kappa shape index (κ2) is 4.49. The lowest BCUT2D eigenvalue weighted by molar-refractivity contribution is -0.0207. The Kier molecular flexibility index (Phi) is 3.55. The van der Waals surface area contributed by atoms with Crippen LogP contribution in [0.5, 0.6) is 0 Å². The van der Waals surface area contributed by atoms with Crippen molar-refractivity contribution in [1.82, 2.24) is 10.1 Å². The summed E-state index contributed by atoms with van der Waals surface area (Å²) in [4.78, 5) is 10.6. The molecule has 1 heterocycles. The molecule has 0 saturated carbocycles. The van der Waals surface area contributed by atoms with Crippen LogP contribution < -0.4 is 5.84 Å². The van der Waals surface area contributed by atoms with Gasteiger partial charge in [-0.25, -0.2) is 4.79 Å². The fourth-order valence-corrected chi connectivity index (χ4v) is 2.06. The molecule has 0 aromatic heterocycles. The standard InChI is InChI=1S/C8H12N4OS/c1-6(2)12(10)11-7(3-9)5-14-8(11)4-13/h6-7H,5,10H2,1-2H3. The van der Waals surface area contributed by atoms with E-state index in [1.807, 2.05) is 13.8 Å². The van der Waals surface area contributed by atoms with E-state index in [2.05, 4.69) is 6.07 Å². The first-order valence-corrected chi connectivity index (χ1v) is 5.21. The van der Waals surface area contributed by atoms with Crippen molar-refractivity contribution in [3.63, 3.8) is 0 Å². The maximum Gasteiger partial charge on any atom is 0.174 e. The van der Waals surface area contributed by atoms with Gasteiger partial charge < -0.3 is 0 Å². The average Bonchev–Trinajstić information content (AvgIpc) is 2.58. The monoisotopic (exact) mass is 212 g/mol. The van der Waals surface area contributed by atoms with Gasteiger partial charge in [-0.2, -0.15) is 10.4 Å². The quantitative estimate of drug-likeness (QED) is 0.397. The number of hydrogen-bond donors (Lipinski definition) is 1. The van der Waals surface area contributed by atoms with Gasteiger partial charge in [-0.1, -0.05) is 11.8 Å². The summed E-state index contributed by atoms with van der Waals surface area (Å²) >= 11 is 1.30. The molecule has 14 heavy (non-hydrogen) atoms. The third kappa shape index (κ3) is 1.91. The number of nitrogens with two attached hydrogens (primary N) is 1. The second-order valence-electron chi connectivity index (χ2n) is 3.18. The van der Waals surface area contributed by atoms with E-state index < -0.39 is 0 Å². The second-order valence-corrected chi connectivity index (χ2v) is 4.19. The van der Waals surface area contributed by atoms with Gasteiger partial charge in [0.1, 0.15) is 6.04 Å². The van der Waals surface area contributed by atoms with Crippen molar-refractivity contribution < 1.29 is 4.79 Å². The third-order valence-electron chi connectivity index (χ3n) is 1.90. The summed E-state index contributed by atoms with van der Waals surface area (Å²) in [6, 6.07) is 1.76. The minimum Gasteiger partial charge on any atom is -0.258 e. The average molecular weight is 212 g/mol. The first-order valence-electron chi connectivity index (χ1n) is 4.22. The fraction of sp³-hybridized carbons (Fsp3) is 0.625. The normalized spacial score (nSPS) is 21.6. The van der Waals surface area contributed by atoms with Gasteiger partial charge in [0.25, 0.3) is 0 Å². The summed E-state index contributed by atoms with van der Waals surface area (Å²) in [5, 5.41) is 12.1. The van der Waals surface area contributed by atoms with Crippen molar-refractivity contribution in [3.05, 3.63) is 5.03 Å². The summed E-state index contributed by atoms with van der Waals surface area (Å²) < 4.78 is 0. The molecular weight excluding hydrogens is 200 g/mol. The van der Waals surface area contributed by atoms with E-state index >= 15 is 0 Å². The number of nitriles is 1. The summed E-state index contributed by atoms with van der Waals surface area (Å²) in [6.45, 7) is 3.78. The Morgan fingerprint density at radius 3 is 2.86 bits per heavy atom. The van der Waals surface area contributed by atoms with E-state index in [1.165, 1.54) is 21.9 Å². The van der Waals surface area contributed by atoms with Crippen LogP contribution in [0.25, 0.3) is 0 Å². The van der Waals surface area contributed by atoms with E-state index in [0.717, 1.165) is 0 Å². The molecule has 1 saturated heterocycles. The molecule has 1 aliphatic heterocycles. The molecule has 0 radical (unpaired) electrons. The zero-order valence-corrected chi connectivity index (χ0v) is 8.91. The van der Waals surface area contributed by atoms with Crippen molar-refractivity contribution in [3.8, 4) is 6.07 Å². The lowest BCUT2D eigenvalue weighted by atomic mass is 10.3. The topological polar surface area (TPSA) is 73.4 Å². The highest BCUT2D eigenvalue weighted by Crippen LogP contribution is 2.31. The van der Waals surface area contributed by atoms with Crippen molar-refractivity contribution in [2.75, 3.05) is 5.75 Å². The Labute approximate surface area is 87.1 Å². The molecule has 1 fully saturated rings. The van der Waals surface area contributed by atoms with Gasteiger partial charge in [0.05, 0.1) is 6.07 Å². The summed E-state index contributed by atoms with van der Waals surface area (Å²) in [7, 11) is 0. The molecule has 1 aliphatic rings. The number of thioether (sulfide) groups is 1. The molecular formula is C8H12N4OS. The number of carbonyl (C=O) groups excluding carboxylic acids is 1. The maximum atomic E-state index is 10.6. The molecule has 0 amide bonds. The zero-order valence-electron chi connectivity index (χ0n) is 8.10. The predicted octanol–water partition coefficient (Wildman–Crippen LogP) is 0.0995. The van der Waals surface area contributed by atoms with Crippen LogP contribution >= 0.6 is 11.8 Å². The van der Waals surface area contributed by atoms with Gasteiger partial charge in [0.15, 0.2) is 11.0 Å². The van der Waals surface area contributed by atoms with Crippen molar-refractivity contribution in [1.29, 1.82) is 5.26 Å². The minimum atomic E-state index is -0.371. The van der Waals surface area contributed by atoms with E-state index in [-0.39, 0.29) is 12.1 Å². The van der Waals surface area contributed by atoms with Crippen LogP contribution in [0.1, 0.15) is 13.8 Å². The Bertz CT molecular complexity index is 305. The smallest absolute Gasteiger partial charge is 0.174 e. The highest BCUT2D eigenvalue weighted by molar-refractivity contribution is 8.03. The first-order chi connectivity index (χ1) is 6.61. The van der Waals surface area contributed by atoms with Gasteiger partial charge in [-0.05, 0) is 13.8 Å². The molecule has 1 atom stereocenters. The Morgan fingerprint density at radius 2 is 2.43 bits per heavy atom. The lowest BCUT2D eigenvalue weighted by Gasteiger charge is -2.33. The van der Waals surface area contributed by atoms with Gasteiger partial charge in [-0.15, -0.1) is 0 Å². The highest BCUT2D eigenvalue weighted by atomic mass is 32.2. The number of nitrogens with zero attached hydrogens (tertiary/aromatic N) is 3.